The van der Waals surface area contributed by atoms with Crippen LogP contribution in [-0.2, 0) is 11.8 Å². The molecular weight excluding hydrogens is 390 g/mol. The van der Waals surface area contributed by atoms with Gasteiger partial charge in [-0.2, -0.15) is 0 Å². The van der Waals surface area contributed by atoms with Crippen LogP contribution < -0.4 is 15.6 Å². The molecule has 7 nitrogen and oxygen atoms in total. The topological polar surface area (TPSA) is 72.8 Å². The summed E-state index contributed by atoms with van der Waals surface area (Å²) in [7, 11) is 1.71. The molecule has 2 aliphatic rings. The van der Waals surface area contributed by atoms with Gasteiger partial charge in [-0.1, -0.05) is 0 Å². The van der Waals surface area contributed by atoms with Crippen LogP contribution in [0.3, 0.4) is 0 Å². The fraction of sp³-hybridized carbons (Fsp3) is 0.647. The van der Waals surface area contributed by atoms with Crippen LogP contribution in [0.15, 0.2) is 21.5 Å². The van der Waals surface area contributed by atoms with Crippen LogP contribution >= 0.6 is 15.9 Å². The number of rotatable bonds is 3. The normalized spacial score (nSPS) is 24.0. The molecule has 2 amide bonds. The highest BCUT2D eigenvalue weighted by molar-refractivity contribution is 9.10. The SMILES string of the molecule is Cn1cc(Br)c(O[C@H]2CC[C@H](NC(=O)N3CCOCC3)CC2)cc1=O. The molecule has 138 valence electrons. The van der Waals surface area contributed by atoms with Crippen molar-refractivity contribution in [2.24, 2.45) is 7.05 Å². The van der Waals surface area contributed by atoms with Crippen molar-refractivity contribution in [3.05, 3.63) is 27.1 Å². The Morgan fingerprint density at radius 3 is 2.64 bits per heavy atom. The second-order valence-corrected chi connectivity index (χ2v) is 7.43. The number of hydrogen-bond acceptors (Lipinski definition) is 4. The summed E-state index contributed by atoms with van der Waals surface area (Å²) in [5.74, 6) is 0.587. The Hall–Kier alpha value is -1.54. The molecule has 2 heterocycles. The second kappa shape index (κ2) is 8.23. The molecule has 1 aliphatic carbocycles. The van der Waals surface area contributed by atoms with Gasteiger partial charge in [0.2, 0.25) is 0 Å². The number of aromatic nitrogens is 1. The fourth-order valence-corrected chi connectivity index (χ4v) is 3.72. The Morgan fingerprint density at radius 1 is 1.28 bits per heavy atom. The van der Waals surface area contributed by atoms with E-state index in [0.717, 1.165) is 30.2 Å². The molecule has 1 aromatic heterocycles. The lowest BCUT2D eigenvalue weighted by molar-refractivity contribution is 0.0514. The molecule has 8 heteroatoms. The van der Waals surface area contributed by atoms with Crippen molar-refractivity contribution in [2.45, 2.75) is 37.8 Å². The van der Waals surface area contributed by atoms with Crippen LogP contribution in [0, 0.1) is 0 Å². The number of ether oxygens (including phenoxy) is 2. The summed E-state index contributed by atoms with van der Waals surface area (Å²) in [5, 5.41) is 3.11. The van der Waals surface area contributed by atoms with Crippen molar-refractivity contribution in [1.29, 1.82) is 0 Å². The van der Waals surface area contributed by atoms with Gasteiger partial charge >= 0.3 is 6.03 Å². The summed E-state index contributed by atoms with van der Waals surface area (Å²) in [5.41, 5.74) is -0.0929. The van der Waals surface area contributed by atoms with E-state index in [1.807, 2.05) is 4.90 Å². The summed E-state index contributed by atoms with van der Waals surface area (Å²) in [6.07, 6.45) is 5.25. The first kappa shape index (κ1) is 18.3. The number of aryl methyl sites for hydroxylation is 1. The third-order valence-electron chi connectivity index (χ3n) is 4.74. The lowest BCUT2D eigenvalue weighted by Crippen LogP contribution is -2.50. The largest absolute Gasteiger partial charge is 0.489 e. The number of nitrogens with zero attached hydrogens (tertiary/aromatic N) is 2. The molecule has 3 rings (SSSR count). The standard InChI is InChI=1S/C17H24BrN3O4/c1-20-11-14(18)15(10-16(20)22)25-13-4-2-12(3-5-13)19-17(23)21-6-8-24-9-7-21/h10-13H,2-9H2,1H3,(H,19,23)/t12-,13-. The molecule has 0 unspecified atom stereocenters. The predicted octanol–water partition coefficient (Wildman–Crippen LogP) is 1.88. The molecule has 1 aliphatic heterocycles. The molecule has 2 fully saturated rings. The summed E-state index contributed by atoms with van der Waals surface area (Å²) in [6, 6.07) is 1.69. The number of pyridine rings is 1. The maximum absolute atomic E-state index is 12.2. The van der Waals surface area contributed by atoms with E-state index in [1.54, 1.807) is 13.2 Å². The number of carbonyl (C=O) groups is 1. The van der Waals surface area contributed by atoms with Gasteiger partial charge < -0.3 is 24.3 Å². The van der Waals surface area contributed by atoms with Crippen LogP contribution in [0.4, 0.5) is 4.79 Å². The number of nitrogens with one attached hydrogen (secondary N) is 1. The van der Waals surface area contributed by atoms with E-state index in [1.165, 1.54) is 10.6 Å². The summed E-state index contributed by atoms with van der Waals surface area (Å²) in [6.45, 7) is 2.53. The van der Waals surface area contributed by atoms with Crippen molar-refractivity contribution in [3.63, 3.8) is 0 Å². The number of morpholine rings is 1. The molecule has 1 saturated heterocycles. The van der Waals surface area contributed by atoms with Crippen molar-refractivity contribution >= 4 is 22.0 Å². The molecule has 1 N–H and O–H groups in total. The first-order valence-corrected chi connectivity index (χ1v) is 9.48. The Balaban J connectivity index is 1.48. The molecule has 25 heavy (non-hydrogen) atoms. The maximum Gasteiger partial charge on any atom is 0.317 e. The Labute approximate surface area is 155 Å². The van der Waals surface area contributed by atoms with Gasteiger partial charge in [0.1, 0.15) is 5.75 Å². The van der Waals surface area contributed by atoms with Gasteiger partial charge in [-0.15, -0.1) is 0 Å². The third kappa shape index (κ3) is 4.76. The first-order valence-electron chi connectivity index (χ1n) is 8.69. The van der Waals surface area contributed by atoms with E-state index < -0.39 is 0 Å². The van der Waals surface area contributed by atoms with Crippen molar-refractivity contribution in [3.8, 4) is 5.75 Å². The summed E-state index contributed by atoms with van der Waals surface area (Å²) >= 11 is 3.44. The van der Waals surface area contributed by atoms with Gasteiger partial charge in [-0.3, -0.25) is 4.79 Å². The van der Waals surface area contributed by atoms with E-state index in [0.29, 0.717) is 32.1 Å². The molecule has 0 bridgehead atoms. The van der Waals surface area contributed by atoms with Crippen molar-refractivity contribution in [1.82, 2.24) is 14.8 Å². The molecule has 0 atom stereocenters. The zero-order valence-electron chi connectivity index (χ0n) is 14.4. The van der Waals surface area contributed by atoms with Crippen LogP contribution in [0.2, 0.25) is 0 Å². The number of amides is 2. The number of urea groups is 1. The minimum Gasteiger partial charge on any atom is -0.489 e. The lowest BCUT2D eigenvalue weighted by atomic mass is 9.93. The van der Waals surface area contributed by atoms with Crippen molar-refractivity contribution < 1.29 is 14.3 Å². The van der Waals surface area contributed by atoms with Gasteiger partial charge in [0, 0.05) is 38.4 Å². The van der Waals surface area contributed by atoms with Crippen LogP contribution in [0.25, 0.3) is 0 Å². The molecule has 1 aromatic rings. The lowest BCUT2D eigenvalue weighted by Gasteiger charge is -2.33. The first-order chi connectivity index (χ1) is 12.0. The van der Waals surface area contributed by atoms with Gasteiger partial charge in [-0.25, -0.2) is 4.79 Å². The third-order valence-corrected chi connectivity index (χ3v) is 5.33. The van der Waals surface area contributed by atoms with E-state index in [-0.39, 0.29) is 23.7 Å². The smallest absolute Gasteiger partial charge is 0.317 e. The number of halogens is 1. The van der Waals surface area contributed by atoms with Gasteiger partial charge in [-0.05, 0) is 41.6 Å². The Kier molecular flexibility index (Phi) is 6.01. The van der Waals surface area contributed by atoms with Gasteiger partial charge in [0.25, 0.3) is 5.56 Å². The summed E-state index contributed by atoms with van der Waals surface area (Å²) < 4.78 is 13.5. The zero-order valence-corrected chi connectivity index (χ0v) is 16.0. The quantitative estimate of drug-likeness (QED) is 0.820. The van der Waals surface area contributed by atoms with Crippen LogP contribution in [0.5, 0.6) is 5.75 Å². The molecule has 0 aromatic carbocycles. The number of hydrogen-bond donors (Lipinski definition) is 1. The molecule has 0 spiro atoms. The van der Waals surface area contributed by atoms with Gasteiger partial charge in [0.05, 0.1) is 23.8 Å². The van der Waals surface area contributed by atoms with E-state index >= 15 is 0 Å². The van der Waals surface area contributed by atoms with E-state index in [4.69, 9.17) is 9.47 Å². The van der Waals surface area contributed by atoms with E-state index in [9.17, 15) is 9.59 Å². The maximum atomic E-state index is 12.2. The van der Waals surface area contributed by atoms with Gasteiger partial charge in [0.15, 0.2) is 0 Å². The van der Waals surface area contributed by atoms with Crippen molar-refractivity contribution in [2.75, 3.05) is 26.3 Å². The summed E-state index contributed by atoms with van der Waals surface area (Å²) in [4.78, 5) is 25.8. The zero-order chi connectivity index (χ0) is 17.8. The van der Waals surface area contributed by atoms with Crippen LogP contribution in [-0.4, -0.2) is 53.9 Å². The fourth-order valence-electron chi connectivity index (χ4n) is 3.21. The highest BCUT2D eigenvalue weighted by Gasteiger charge is 2.26. The number of carbonyl (C=O) groups excluding carboxylic acids is 1. The second-order valence-electron chi connectivity index (χ2n) is 6.58. The average molecular weight is 414 g/mol. The highest BCUT2D eigenvalue weighted by atomic mass is 79.9. The molecular formula is C17H24BrN3O4. The van der Waals surface area contributed by atoms with Crippen LogP contribution in [0.1, 0.15) is 25.7 Å². The molecule has 1 saturated carbocycles. The molecule has 0 radical (unpaired) electrons. The Bertz CT molecular complexity index is 664. The Morgan fingerprint density at radius 2 is 1.96 bits per heavy atom. The minimum absolute atomic E-state index is 0.00182. The minimum atomic E-state index is -0.0929. The van der Waals surface area contributed by atoms with E-state index in [2.05, 4.69) is 21.2 Å². The highest BCUT2D eigenvalue weighted by Crippen LogP contribution is 2.28. The average Bonchev–Trinajstić information content (AvgIpc) is 2.62. The predicted molar refractivity (Wildman–Crippen MR) is 97.0 cm³/mol. The monoisotopic (exact) mass is 413 g/mol.